The summed E-state index contributed by atoms with van der Waals surface area (Å²) in [4.78, 5) is 26.9. The van der Waals surface area contributed by atoms with Crippen LogP contribution in [0.1, 0.15) is 27.8 Å². The first-order chi connectivity index (χ1) is 16.4. The van der Waals surface area contributed by atoms with Gasteiger partial charge in [-0.05, 0) is 79.1 Å². The van der Waals surface area contributed by atoms with Gasteiger partial charge in [-0.2, -0.15) is 0 Å². The van der Waals surface area contributed by atoms with Gasteiger partial charge in [-0.3, -0.25) is 14.5 Å². The normalized spacial score (nSPS) is 14.7. The number of thioether (sulfide) groups is 1. The maximum absolute atomic E-state index is 12.8. The zero-order valence-corrected chi connectivity index (χ0v) is 20.4. The van der Waals surface area contributed by atoms with Gasteiger partial charge in [-0.15, -0.1) is 0 Å². The summed E-state index contributed by atoms with van der Waals surface area (Å²) < 4.78 is 11.7. The summed E-state index contributed by atoms with van der Waals surface area (Å²) in [7, 11) is 0. The molecule has 174 valence electrons. The molecule has 3 aromatic carbocycles. The van der Waals surface area contributed by atoms with Crippen molar-refractivity contribution in [2.45, 2.75) is 27.4 Å². The highest BCUT2D eigenvalue weighted by Gasteiger charge is 2.34. The lowest BCUT2D eigenvalue weighted by Gasteiger charge is -2.14. The topological polar surface area (TPSA) is 55.8 Å². The van der Waals surface area contributed by atoms with Crippen molar-refractivity contribution in [2.75, 3.05) is 13.2 Å². The molecule has 0 radical (unpaired) electrons. The van der Waals surface area contributed by atoms with Crippen molar-refractivity contribution in [3.8, 4) is 11.5 Å². The second kappa shape index (κ2) is 10.6. The molecule has 2 amide bonds. The molecule has 3 aromatic rings. The van der Waals surface area contributed by atoms with Crippen LogP contribution in [0, 0.1) is 20.8 Å². The smallest absolute Gasteiger partial charge is 0.293 e. The SMILES string of the molecule is Cc1ccc(COc2cccc(/C=C3\SC(=O)N(CCOc4cc(C)ccc4C)C3=O)c2)cc1. The number of amides is 2. The zero-order valence-electron chi connectivity index (χ0n) is 19.5. The Hall–Kier alpha value is -3.51. The second-order valence-corrected chi connectivity index (χ2v) is 9.29. The molecule has 1 saturated heterocycles. The monoisotopic (exact) mass is 473 g/mol. The minimum absolute atomic E-state index is 0.203. The number of aryl methyl sites for hydroxylation is 3. The summed E-state index contributed by atoms with van der Waals surface area (Å²) in [6.07, 6.45) is 1.73. The standard InChI is InChI=1S/C28H27NO4S/c1-19-8-11-22(12-9-19)18-33-24-6-4-5-23(16-24)17-26-27(30)29(28(31)34-26)13-14-32-25-15-20(2)7-10-21(25)3/h4-12,15-17H,13-14,18H2,1-3H3/b26-17-. The molecule has 0 atom stereocenters. The molecule has 5 nitrogen and oxygen atoms in total. The summed E-state index contributed by atoms with van der Waals surface area (Å²) in [5.41, 5.74) is 5.21. The number of benzene rings is 3. The highest BCUT2D eigenvalue weighted by Crippen LogP contribution is 2.32. The van der Waals surface area contributed by atoms with Crippen LogP contribution in [0.25, 0.3) is 6.08 Å². The maximum Gasteiger partial charge on any atom is 0.293 e. The molecule has 34 heavy (non-hydrogen) atoms. The molecule has 1 fully saturated rings. The fourth-order valence-corrected chi connectivity index (χ4v) is 4.36. The van der Waals surface area contributed by atoms with E-state index in [9.17, 15) is 9.59 Å². The Bertz CT molecular complexity index is 1230. The third-order valence-corrected chi connectivity index (χ3v) is 6.38. The Labute approximate surface area is 204 Å². The van der Waals surface area contributed by atoms with Gasteiger partial charge in [-0.1, -0.05) is 54.1 Å². The van der Waals surface area contributed by atoms with Crippen LogP contribution in [-0.2, 0) is 11.4 Å². The lowest BCUT2D eigenvalue weighted by Crippen LogP contribution is -2.32. The fraction of sp³-hybridized carbons (Fsp3) is 0.214. The number of hydrogen-bond acceptors (Lipinski definition) is 5. The van der Waals surface area contributed by atoms with Gasteiger partial charge < -0.3 is 9.47 Å². The van der Waals surface area contributed by atoms with Crippen LogP contribution in [0.4, 0.5) is 4.79 Å². The molecule has 0 N–H and O–H groups in total. The van der Waals surface area contributed by atoms with E-state index in [-0.39, 0.29) is 24.3 Å². The summed E-state index contributed by atoms with van der Waals surface area (Å²) in [6.45, 7) is 6.92. The number of ether oxygens (including phenoxy) is 2. The second-order valence-electron chi connectivity index (χ2n) is 8.30. The van der Waals surface area contributed by atoms with Crippen LogP contribution in [0.15, 0.2) is 71.6 Å². The summed E-state index contributed by atoms with van der Waals surface area (Å²) in [6, 6.07) is 21.7. The molecule has 0 unspecified atom stereocenters. The average Bonchev–Trinajstić information content (AvgIpc) is 3.08. The van der Waals surface area contributed by atoms with Crippen molar-refractivity contribution in [1.82, 2.24) is 4.90 Å². The first kappa shape index (κ1) is 23.6. The van der Waals surface area contributed by atoms with Crippen LogP contribution in [0.5, 0.6) is 11.5 Å². The minimum Gasteiger partial charge on any atom is -0.491 e. The van der Waals surface area contributed by atoms with Crippen molar-refractivity contribution in [1.29, 1.82) is 0 Å². The maximum atomic E-state index is 12.8. The van der Waals surface area contributed by atoms with Gasteiger partial charge in [0.25, 0.3) is 11.1 Å². The van der Waals surface area contributed by atoms with Crippen molar-refractivity contribution in [2.24, 2.45) is 0 Å². The number of carbonyl (C=O) groups excluding carboxylic acids is 2. The Kier molecular flexibility index (Phi) is 7.38. The van der Waals surface area contributed by atoms with E-state index in [0.29, 0.717) is 17.3 Å². The highest BCUT2D eigenvalue weighted by atomic mass is 32.2. The first-order valence-electron chi connectivity index (χ1n) is 11.1. The number of carbonyl (C=O) groups is 2. The predicted molar refractivity (Wildman–Crippen MR) is 136 cm³/mol. The van der Waals surface area contributed by atoms with Crippen molar-refractivity contribution < 1.29 is 19.1 Å². The molecule has 0 aliphatic carbocycles. The highest BCUT2D eigenvalue weighted by molar-refractivity contribution is 8.18. The molecule has 1 aliphatic rings. The van der Waals surface area contributed by atoms with E-state index in [1.54, 1.807) is 6.08 Å². The predicted octanol–water partition coefficient (Wildman–Crippen LogP) is 6.31. The fourth-order valence-electron chi connectivity index (χ4n) is 3.50. The van der Waals surface area contributed by atoms with E-state index in [4.69, 9.17) is 9.47 Å². The van der Waals surface area contributed by atoms with Crippen molar-refractivity contribution in [3.63, 3.8) is 0 Å². The molecule has 6 heteroatoms. The molecule has 0 bridgehead atoms. The van der Waals surface area contributed by atoms with Gasteiger partial charge in [0.1, 0.15) is 24.7 Å². The summed E-state index contributed by atoms with van der Waals surface area (Å²) >= 11 is 0.948. The van der Waals surface area contributed by atoms with Crippen LogP contribution < -0.4 is 9.47 Å². The minimum atomic E-state index is -0.300. The molecule has 4 rings (SSSR count). The molecular weight excluding hydrogens is 446 g/mol. The number of rotatable bonds is 8. The Morgan fingerprint density at radius 2 is 1.65 bits per heavy atom. The lowest BCUT2D eigenvalue weighted by atomic mass is 10.1. The molecular formula is C28H27NO4S. The molecule has 0 spiro atoms. The van der Waals surface area contributed by atoms with E-state index in [0.717, 1.165) is 39.8 Å². The van der Waals surface area contributed by atoms with Crippen LogP contribution >= 0.6 is 11.8 Å². The van der Waals surface area contributed by atoms with E-state index in [1.807, 2.05) is 75.4 Å². The van der Waals surface area contributed by atoms with Crippen LogP contribution in [0.2, 0.25) is 0 Å². The van der Waals surface area contributed by atoms with Crippen molar-refractivity contribution in [3.05, 3.63) is 99.5 Å². The number of imide groups is 1. The van der Waals surface area contributed by atoms with Gasteiger partial charge in [-0.25, -0.2) is 0 Å². The average molecular weight is 474 g/mol. The molecule has 0 aromatic heterocycles. The van der Waals surface area contributed by atoms with Gasteiger partial charge in [0.05, 0.1) is 11.4 Å². The van der Waals surface area contributed by atoms with Crippen molar-refractivity contribution >= 4 is 29.0 Å². The first-order valence-corrected chi connectivity index (χ1v) is 11.9. The Morgan fingerprint density at radius 3 is 2.44 bits per heavy atom. The molecule has 1 heterocycles. The largest absolute Gasteiger partial charge is 0.491 e. The molecule has 1 aliphatic heterocycles. The Morgan fingerprint density at radius 1 is 0.882 bits per heavy atom. The summed E-state index contributed by atoms with van der Waals surface area (Å²) in [5, 5.41) is -0.285. The van der Waals surface area contributed by atoms with E-state index in [2.05, 4.69) is 12.1 Å². The van der Waals surface area contributed by atoms with E-state index in [1.165, 1.54) is 10.5 Å². The molecule has 0 saturated carbocycles. The van der Waals surface area contributed by atoms with Gasteiger partial charge in [0.15, 0.2) is 0 Å². The van der Waals surface area contributed by atoms with Gasteiger partial charge in [0, 0.05) is 0 Å². The van der Waals surface area contributed by atoms with E-state index >= 15 is 0 Å². The third kappa shape index (κ3) is 5.88. The zero-order chi connectivity index (χ0) is 24.1. The number of hydrogen-bond donors (Lipinski definition) is 0. The quantitative estimate of drug-likeness (QED) is 0.359. The Balaban J connectivity index is 1.37. The van der Waals surface area contributed by atoms with E-state index < -0.39 is 0 Å². The van der Waals surface area contributed by atoms with Crippen LogP contribution in [0.3, 0.4) is 0 Å². The number of nitrogens with zero attached hydrogens (tertiary/aromatic N) is 1. The van der Waals surface area contributed by atoms with Gasteiger partial charge >= 0.3 is 0 Å². The third-order valence-electron chi connectivity index (χ3n) is 5.47. The summed E-state index contributed by atoms with van der Waals surface area (Å²) in [5.74, 6) is 1.17. The van der Waals surface area contributed by atoms with Crippen LogP contribution in [-0.4, -0.2) is 29.2 Å². The lowest BCUT2D eigenvalue weighted by molar-refractivity contribution is -0.123. The van der Waals surface area contributed by atoms with Gasteiger partial charge in [0.2, 0.25) is 0 Å².